The minimum Gasteiger partial charge on any atom is -0.354 e. The highest BCUT2D eigenvalue weighted by atomic mass is 16.2. The highest BCUT2D eigenvalue weighted by molar-refractivity contribution is 5.82. The minimum absolute atomic E-state index is 0.0214. The van der Waals surface area contributed by atoms with Crippen LogP contribution in [-0.2, 0) is 11.3 Å². The first kappa shape index (κ1) is 17.7. The molecule has 26 heavy (non-hydrogen) atoms. The van der Waals surface area contributed by atoms with Gasteiger partial charge < -0.3 is 20.4 Å². The van der Waals surface area contributed by atoms with E-state index in [1.165, 1.54) is 25.7 Å². The van der Waals surface area contributed by atoms with Crippen molar-refractivity contribution >= 4 is 11.7 Å². The fourth-order valence-corrected chi connectivity index (χ4v) is 4.70. The summed E-state index contributed by atoms with van der Waals surface area (Å²) < 4.78 is 0. The quantitative estimate of drug-likeness (QED) is 0.852. The lowest BCUT2D eigenvalue weighted by Gasteiger charge is -2.34. The molecule has 142 valence electrons. The molecule has 1 saturated carbocycles. The van der Waals surface area contributed by atoms with E-state index in [1.54, 1.807) is 0 Å². The van der Waals surface area contributed by atoms with Gasteiger partial charge in [-0.3, -0.25) is 4.79 Å². The highest BCUT2D eigenvalue weighted by Crippen LogP contribution is 2.33. The Bertz CT molecular complexity index is 614. The maximum absolute atomic E-state index is 12.7. The first-order chi connectivity index (χ1) is 12.7. The first-order valence-electron chi connectivity index (χ1n) is 10.1. The lowest BCUT2D eigenvalue weighted by atomic mass is 9.85. The van der Waals surface area contributed by atoms with E-state index in [9.17, 15) is 4.79 Å². The van der Waals surface area contributed by atoms with Gasteiger partial charge in [0.05, 0.1) is 6.04 Å². The van der Waals surface area contributed by atoms with Crippen LogP contribution in [0.3, 0.4) is 0 Å². The third-order valence-electron chi connectivity index (χ3n) is 6.30. The summed E-state index contributed by atoms with van der Waals surface area (Å²) in [5, 5.41) is 6.73. The summed E-state index contributed by atoms with van der Waals surface area (Å²) >= 11 is 0. The van der Waals surface area contributed by atoms with Crippen LogP contribution in [0.15, 0.2) is 18.3 Å². The largest absolute Gasteiger partial charge is 0.354 e. The maximum Gasteiger partial charge on any atom is 0.237 e. The molecule has 2 aliphatic heterocycles. The van der Waals surface area contributed by atoms with Crippen molar-refractivity contribution in [3.8, 4) is 0 Å². The first-order valence-corrected chi connectivity index (χ1v) is 10.1. The topological polar surface area (TPSA) is 60.5 Å². The molecular weight excluding hydrogens is 326 g/mol. The van der Waals surface area contributed by atoms with Crippen LogP contribution in [-0.4, -0.2) is 61.1 Å². The Hall–Kier alpha value is -1.66. The number of anilines is 1. The summed E-state index contributed by atoms with van der Waals surface area (Å²) in [4.78, 5) is 22.0. The van der Waals surface area contributed by atoms with Crippen LogP contribution in [0.5, 0.6) is 0 Å². The molecule has 2 saturated heterocycles. The number of nitrogens with zero attached hydrogens (tertiary/aromatic N) is 3. The Morgan fingerprint density at radius 2 is 2.08 bits per heavy atom. The van der Waals surface area contributed by atoms with Gasteiger partial charge in [0.1, 0.15) is 5.82 Å². The van der Waals surface area contributed by atoms with Gasteiger partial charge in [0.15, 0.2) is 0 Å². The number of rotatable bonds is 4. The van der Waals surface area contributed by atoms with E-state index in [0.29, 0.717) is 18.5 Å². The summed E-state index contributed by atoms with van der Waals surface area (Å²) in [6.45, 7) is 4.64. The number of amides is 1. The van der Waals surface area contributed by atoms with Crippen LogP contribution in [0.4, 0.5) is 5.82 Å². The van der Waals surface area contributed by atoms with Gasteiger partial charge in [0.25, 0.3) is 0 Å². The average Bonchev–Trinajstić information content (AvgIpc) is 3.11. The van der Waals surface area contributed by atoms with Gasteiger partial charge in [0.2, 0.25) is 5.91 Å². The van der Waals surface area contributed by atoms with Crippen molar-refractivity contribution in [1.82, 2.24) is 20.5 Å². The molecule has 4 rings (SSSR count). The van der Waals surface area contributed by atoms with Crippen LogP contribution >= 0.6 is 0 Å². The molecule has 6 heteroatoms. The van der Waals surface area contributed by atoms with E-state index in [4.69, 9.17) is 0 Å². The number of pyridine rings is 1. The maximum atomic E-state index is 12.7. The molecule has 3 heterocycles. The zero-order chi connectivity index (χ0) is 17.9. The Labute approximate surface area is 156 Å². The molecule has 2 N–H and O–H groups in total. The Balaban J connectivity index is 1.35. The SMILES string of the molecule is CN1CCN(c2ncccc2CNC(=O)C2CC3CCCCC3N2)CC1. The van der Waals surface area contributed by atoms with Crippen LogP contribution in [0.25, 0.3) is 0 Å². The van der Waals surface area contributed by atoms with Crippen LogP contribution in [0, 0.1) is 5.92 Å². The van der Waals surface area contributed by atoms with Crippen molar-refractivity contribution in [1.29, 1.82) is 0 Å². The molecule has 1 amide bonds. The smallest absolute Gasteiger partial charge is 0.237 e. The molecule has 3 unspecified atom stereocenters. The lowest BCUT2D eigenvalue weighted by Crippen LogP contribution is -2.45. The Morgan fingerprint density at radius 1 is 1.27 bits per heavy atom. The second kappa shape index (κ2) is 7.92. The normalized spacial score (nSPS) is 29.4. The molecule has 0 spiro atoms. The van der Waals surface area contributed by atoms with E-state index < -0.39 is 0 Å². The number of aromatic nitrogens is 1. The van der Waals surface area contributed by atoms with Gasteiger partial charge in [-0.25, -0.2) is 4.98 Å². The van der Waals surface area contributed by atoms with Gasteiger partial charge in [0, 0.05) is 50.5 Å². The number of nitrogens with one attached hydrogen (secondary N) is 2. The standard InChI is InChI=1S/C20H31N5O/c1-24-9-11-25(12-10-24)19-16(6-4-8-21-19)14-22-20(26)18-13-15-5-2-3-7-17(15)23-18/h4,6,8,15,17-18,23H,2-3,5,7,9-14H2,1H3,(H,22,26). The zero-order valence-corrected chi connectivity index (χ0v) is 15.8. The number of hydrogen-bond acceptors (Lipinski definition) is 5. The van der Waals surface area contributed by atoms with E-state index in [0.717, 1.165) is 44.0 Å². The third kappa shape index (κ3) is 3.86. The number of carbonyl (C=O) groups excluding carboxylic acids is 1. The number of fused-ring (bicyclic) bond motifs is 1. The van der Waals surface area contributed by atoms with Gasteiger partial charge in [-0.1, -0.05) is 18.9 Å². The van der Waals surface area contributed by atoms with E-state index in [-0.39, 0.29) is 11.9 Å². The van der Waals surface area contributed by atoms with E-state index in [2.05, 4.69) is 38.5 Å². The molecule has 1 aromatic rings. The van der Waals surface area contributed by atoms with Crippen LogP contribution < -0.4 is 15.5 Å². The van der Waals surface area contributed by atoms with E-state index in [1.807, 2.05) is 12.3 Å². The fourth-order valence-electron chi connectivity index (χ4n) is 4.70. The van der Waals surface area contributed by atoms with Crippen molar-refractivity contribution < 1.29 is 4.79 Å². The molecule has 0 radical (unpaired) electrons. The number of hydrogen-bond donors (Lipinski definition) is 2. The van der Waals surface area contributed by atoms with Gasteiger partial charge >= 0.3 is 0 Å². The second-order valence-corrected chi connectivity index (χ2v) is 8.10. The predicted molar refractivity (Wildman–Crippen MR) is 103 cm³/mol. The van der Waals surface area contributed by atoms with Crippen molar-refractivity contribution in [2.75, 3.05) is 38.1 Å². The summed E-state index contributed by atoms with van der Waals surface area (Å²) in [5.41, 5.74) is 1.11. The molecule has 0 aromatic carbocycles. The average molecular weight is 358 g/mol. The summed E-state index contributed by atoms with van der Waals surface area (Å²) in [6, 6.07) is 4.58. The van der Waals surface area contributed by atoms with Crippen molar-refractivity contribution in [2.45, 2.75) is 50.7 Å². The molecule has 1 aromatic heterocycles. The summed E-state index contributed by atoms with van der Waals surface area (Å²) in [6.07, 6.45) is 7.97. The molecule has 3 aliphatic rings. The third-order valence-corrected chi connectivity index (χ3v) is 6.30. The van der Waals surface area contributed by atoms with Gasteiger partial charge in [-0.05, 0) is 38.3 Å². The van der Waals surface area contributed by atoms with Crippen LogP contribution in [0.1, 0.15) is 37.7 Å². The van der Waals surface area contributed by atoms with Gasteiger partial charge in [-0.15, -0.1) is 0 Å². The second-order valence-electron chi connectivity index (χ2n) is 8.10. The predicted octanol–water partition coefficient (Wildman–Crippen LogP) is 1.37. The molecule has 0 bridgehead atoms. The van der Waals surface area contributed by atoms with Crippen molar-refractivity contribution in [3.05, 3.63) is 23.9 Å². The van der Waals surface area contributed by atoms with E-state index >= 15 is 0 Å². The molecular formula is C20H31N5O. The molecule has 3 fully saturated rings. The zero-order valence-electron chi connectivity index (χ0n) is 15.8. The van der Waals surface area contributed by atoms with Gasteiger partial charge in [-0.2, -0.15) is 0 Å². The number of likely N-dealkylation sites (N-methyl/N-ethyl adjacent to an activating group) is 1. The van der Waals surface area contributed by atoms with Crippen molar-refractivity contribution in [2.24, 2.45) is 5.92 Å². The Morgan fingerprint density at radius 3 is 2.88 bits per heavy atom. The molecule has 6 nitrogen and oxygen atoms in total. The minimum atomic E-state index is -0.0214. The number of piperazine rings is 1. The summed E-state index contributed by atoms with van der Waals surface area (Å²) in [5.74, 6) is 1.86. The highest BCUT2D eigenvalue weighted by Gasteiger charge is 2.38. The summed E-state index contributed by atoms with van der Waals surface area (Å²) in [7, 11) is 2.16. The molecule has 1 aliphatic carbocycles. The molecule has 3 atom stereocenters. The monoisotopic (exact) mass is 357 g/mol. The Kier molecular flexibility index (Phi) is 5.41. The number of carbonyl (C=O) groups is 1. The van der Waals surface area contributed by atoms with Crippen molar-refractivity contribution in [3.63, 3.8) is 0 Å². The fraction of sp³-hybridized carbons (Fsp3) is 0.700. The van der Waals surface area contributed by atoms with Crippen LogP contribution in [0.2, 0.25) is 0 Å². The lowest BCUT2D eigenvalue weighted by molar-refractivity contribution is -0.123.